The van der Waals surface area contributed by atoms with Gasteiger partial charge in [0.15, 0.2) is 0 Å². The van der Waals surface area contributed by atoms with Crippen molar-refractivity contribution in [3.05, 3.63) is 121 Å². The van der Waals surface area contributed by atoms with Gasteiger partial charge >= 0.3 is 11.9 Å². The van der Waals surface area contributed by atoms with Crippen molar-refractivity contribution < 1.29 is 28.3 Å². The lowest BCUT2D eigenvalue weighted by Crippen LogP contribution is -2.67. The van der Waals surface area contributed by atoms with Crippen molar-refractivity contribution in [2.45, 2.75) is 122 Å². The van der Waals surface area contributed by atoms with Crippen LogP contribution in [0.1, 0.15) is 99.8 Å². The van der Waals surface area contributed by atoms with Gasteiger partial charge in [-0.1, -0.05) is 163 Å². The number of esters is 1. The fraction of sp³-hybridized carbons (Fsp3) is 0.458. The van der Waals surface area contributed by atoms with Gasteiger partial charge in [-0.25, -0.2) is 0 Å². The number of hydrogen-bond acceptors (Lipinski definition) is 5. The lowest BCUT2D eigenvalue weighted by Gasteiger charge is -2.46. The third-order valence-electron chi connectivity index (χ3n) is 11.8. The Hall–Kier alpha value is -3.83. The minimum atomic E-state index is -2.53. The number of ether oxygens (including phenoxy) is 1. The van der Waals surface area contributed by atoms with Crippen LogP contribution in [0.25, 0.3) is 0 Å². The molecule has 8 heteroatoms. The molecule has 56 heavy (non-hydrogen) atoms. The first-order chi connectivity index (χ1) is 26.7. The monoisotopic (exact) mass is 792 g/mol. The van der Waals surface area contributed by atoms with Gasteiger partial charge in [0.2, 0.25) is 0 Å². The second-order valence-corrected chi connectivity index (χ2v) is 26.1. The second kappa shape index (κ2) is 19.1. The molecule has 0 saturated heterocycles. The van der Waals surface area contributed by atoms with Crippen molar-refractivity contribution in [2.75, 3.05) is 6.61 Å². The smallest absolute Gasteiger partial charge is 0.308 e. The summed E-state index contributed by atoms with van der Waals surface area (Å²) in [4.78, 5) is 23.5. The molecular formula is C48H64O6Si2. The highest BCUT2D eigenvalue weighted by molar-refractivity contribution is 7.00. The highest BCUT2D eigenvalue weighted by atomic mass is 28.4. The molecule has 2 aliphatic rings. The van der Waals surface area contributed by atoms with Gasteiger partial charge in [-0.05, 0) is 89.1 Å². The Balaban J connectivity index is 0.000000215. The van der Waals surface area contributed by atoms with E-state index >= 15 is 0 Å². The summed E-state index contributed by atoms with van der Waals surface area (Å²) in [5.41, 5.74) is 0. The van der Waals surface area contributed by atoms with Gasteiger partial charge in [-0.15, -0.1) is 0 Å². The van der Waals surface area contributed by atoms with Gasteiger partial charge in [0, 0.05) is 12.2 Å². The fourth-order valence-electron chi connectivity index (χ4n) is 8.99. The quantitative estimate of drug-likeness (QED) is 0.121. The van der Waals surface area contributed by atoms with Crippen LogP contribution in [0.2, 0.25) is 10.1 Å². The van der Waals surface area contributed by atoms with Crippen LogP contribution in [-0.2, 0) is 23.2 Å². The van der Waals surface area contributed by atoms with Crippen LogP contribution in [0.4, 0.5) is 0 Å². The summed E-state index contributed by atoms with van der Waals surface area (Å²) in [5, 5.41) is 14.4. The van der Waals surface area contributed by atoms with E-state index in [9.17, 15) is 14.7 Å². The van der Waals surface area contributed by atoms with Crippen molar-refractivity contribution >= 4 is 49.3 Å². The number of carbonyl (C=O) groups is 2. The van der Waals surface area contributed by atoms with Gasteiger partial charge in [-0.3, -0.25) is 9.59 Å². The molecule has 4 aromatic carbocycles. The van der Waals surface area contributed by atoms with Gasteiger partial charge in [0.05, 0.1) is 18.4 Å². The van der Waals surface area contributed by atoms with Gasteiger partial charge in [0.25, 0.3) is 16.6 Å². The molecule has 0 aliphatic heterocycles. The summed E-state index contributed by atoms with van der Waals surface area (Å²) >= 11 is 0. The molecule has 0 amide bonds. The number of carboxylic acid groups (broad SMARTS) is 1. The molecule has 2 saturated carbocycles. The average Bonchev–Trinajstić information content (AvgIpc) is 3.20. The van der Waals surface area contributed by atoms with Crippen molar-refractivity contribution in [3.63, 3.8) is 0 Å². The predicted molar refractivity (Wildman–Crippen MR) is 233 cm³/mol. The molecule has 0 aromatic heterocycles. The van der Waals surface area contributed by atoms with Gasteiger partial charge < -0.3 is 18.7 Å². The molecule has 0 unspecified atom stereocenters. The number of aliphatic carboxylic acids is 1. The molecule has 0 spiro atoms. The molecule has 0 heterocycles. The third kappa shape index (κ3) is 9.82. The van der Waals surface area contributed by atoms with E-state index in [2.05, 4.69) is 151 Å². The Morgan fingerprint density at radius 3 is 1.05 bits per heavy atom. The van der Waals surface area contributed by atoms with Crippen LogP contribution in [0, 0.1) is 11.8 Å². The molecule has 0 atom stereocenters. The lowest BCUT2D eigenvalue weighted by atomic mass is 9.87. The molecule has 6 nitrogen and oxygen atoms in total. The Morgan fingerprint density at radius 1 is 0.518 bits per heavy atom. The maximum atomic E-state index is 12.1. The van der Waals surface area contributed by atoms with Crippen molar-refractivity contribution in [2.24, 2.45) is 11.8 Å². The zero-order valence-electron chi connectivity index (χ0n) is 34.7. The highest BCUT2D eigenvalue weighted by Crippen LogP contribution is 2.41. The fourth-order valence-corrected chi connectivity index (χ4v) is 18.5. The Bertz CT molecular complexity index is 1710. The van der Waals surface area contributed by atoms with Crippen molar-refractivity contribution in [1.29, 1.82) is 0 Å². The molecule has 6 rings (SSSR count). The summed E-state index contributed by atoms with van der Waals surface area (Å²) in [6, 6.07) is 42.8. The largest absolute Gasteiger partial charge is 0.481 e. The molecule has 0 bridgehead atoms. The molecule has 4 aromatic rings. The maximum Gasteiger partial charge on any atom is 0.308 e. The minimum Gasteiger partial charge on any atom is -0.481 e. The van der Waals surface area contributed by atoms with Crippen LogP contribution in [0.5, 0.6) is 0 Å². The third-order valence-corrected chi connectivity index (χ3v) is 22.0. The Labute approximate surface area is 338 Å². The van der Waals surface area contributed by atoms with Crippen LogP contribution in [0.15, 0.2) is 121 Å². The Morgan fingerprint density at radius 2 is 0.804 bits per heavy atom. The molecule has 300 valence electrons. The topological polar surface area (TPSA) is 82.1 Å². The standard InChI is InChI=1S/C25H34O3Si.C23H30O3Si/c1-5-27-24(26)20-16-18-21(19-17-20)28-29(25(2,3)4,22-12-8-6-9-13-22)23-14-10-7-11-15-23;1-23(2,3)27(20-10-6-4-7-11-20,21-12-8-5-9-13-21)26-19-16-14-18(15-17-19)22(24)25/h6-15,20-21H,5,16-19H2,1-4H3;4-13,18-19H,14-17H2,1-3H3,(H,24,25). The van der Waals surface area contributed by atoms with Crippen molar-refractivity contribution in [1.82, 2.24) is 0 Å². The van der Waals surface area contributed by atoms with Crippen LogP contribution in [-0.4, -0.2) is 52.5 Å². The number of rotatable bonds is 11. The number of carbonyl (C=O) groups excluding carboxylic acids is 1. The van der Waals surface area contributed by atoms with E-state index in [0.29, 0.717) is 19.4 Å². The van der Waals surface area contributed by atoms with E-state index in [4.69, 9.17) is 13.6 Å². The Kier molecular flexibility index (Phi) is 14.8. The van der Waals surface area contributed by atoms with E-state index < -0.39 is 22.6 Å². The first-order valence-electron chi connectivity index (χ1n) is 20.7. The number of carboxylic acids is 1. The van der Waals surface area contributed by atoms with Crippen LogP contribution < -0.4 is 20.7 Å². The molecule has 2 fully saturated rings. The average molecular weight is 793 g/mol. The van der Waals surface area contributed by atoms with Gasteiger partial charge in [0.1, 0.15) is 0 Å². The summed E-state index contributed by atoms with van der Waals surface area (Å²) in [5.74, 6) is -0.909. The molecule has 2 aliphatic carbocycles. The first kappa shape index (κ1) is 43.3. The van der Waals surface area contributed by atoms with Crippen LogP contribution in [0.3, 0.4) is 0 Å². The molecule has 0 radical (unpaired) electrons. The normalized spacial score (nSPS) is 20.6. The molecule has 1 N–H and O–H groups in total. The summed E-state index contributed by atoms with van der Waals surface area (Å²) < 4.78 is 19.5. The SMILES string of the molecule is CC(C)(C)[Si](OC1CCC(C(=O)O)CC1)(c1ccccc1)c1ccccc1.CCOC(=O)C1CCC(O[Si](c2ccccc2)(c2ccccc2)C(C)(C)C)CC1. The van der Waals surface area contributed by atoms with Gasteiger partial charge in [-0.2, -0.15) is 0 Å². The summed E-state index contributed by atoms with van der Waals surface area (Å²) in [7, 11) is -5.05. The van der Waals surface area contributed by atoms with E-state index in [1.54, 1.807) is 0 Å². The number of hydrogen-bond donors (Lipinski definition) is 1. The number of benzene rings is 4. The second-order valence-electron chi connectivity index (χ2n) is 17.6. The maximum absolute atomic E-state index is 12.1. The van der Waals surface area contributed by atoms with E-state index in [1.807, 2.05) is 19.1 Å². The predicted octanol–water partition coefficient (Wildman–Crippen LogP) is 8.89. The van der Waals surface area contributed by atoms with Crippen molar-refractivity contribution in [3.8, 4) is 0 Å². The van der Waals surface area contributed by atoms with E-state index in [-0.39, 0.29) is 40.1 Å². The van der Waals surface area contributed by atoms with E-state index in [0.717, 1.165) is 38.5 Å². The summed E-state index contributed by atoms with van der Waals surface area (Å²) in [6.07, 6.45) is 6.86. The molecular weight excluding hydrogens is 729 g/mol. The lowest BCUT2D eigenvalue weighted by molar-refractivity contribution is -0.149. The van der Waals surface area contributed by atoms with Crippen LogP contribution >= 0.6 is 0 Å². The minimum absolute atomic E-state index is 0.0201. The zero-order chi connectivity index (χ0) is 40.4. The van der Waals surface area contributed by atoms with E-state index in [1.165, 1.54) is 20.7 Å². The summed E-state index contributed by atoms with van der Waals surface area (Å²) in [6.45, 7) is 16.1. The zero-order valence-corrected chi connectivity index (χ0v) is 36.7. The first-order valence-corrected chi connectivity index (χ1v) is 24.5. The highest BCUT2D eigenvalue weighted by Gasteiger charge is 2.53.